The van der Waals surface area contributed by atoms with E-state index in [4.69, 9.17) is 9.47 Å². The van der Waals surface area contributed by atoms with E-state index < -0.39 is 0 Å². The molecule has 2 heterocycles. The van der Waals surface area contributed by atoms with Crippen LogP contribution in [0.1, 0.15) is 25.3 Å². The summed E-state index contributed by atoms with van der Waals surface area (Å²) in [4.78, 5) is 21.0. The molecular formula is C27H37FN4O3. The van der Waals surface area contributed by atoms with Gasteiger partial charge in [-0.05, 0) is 43.5 Å². The highest BCUT2D eigenvalue weighted by Crippen LogP contribution is 2.26. The lowest BCUT2D eigenvalue weighted by Crippen LogP contribution is -2.47. The highest BCUT2D eigenvalue weighted by Gasteiger charge is 2.28. The summed E-state index contributed by atoms with van der Waals surface area (Å²) in [6, 6.07) is 13.0. The number of amides is 2. The molecule has 0 spiro atoms. The summed E-state index contributed by atoms with van der Waals surface area (Å²) in [5, 5.41) is 0. The van der Waals surface area contributed by atoms with Gasteiger partial charge in [0.15, 0.2) is 0 Å². The summed E-state index contributed by atoms with van der Waals surface area (Å²) in [6.45, 7) is 8.42. The third-order valence-corrected chi connectivity index (χ3v) is 7.02. The molecule has 0 bridgehead atoms. The molecule has 1 unspecified atom stereocenters. The zero-order valence-corrected chi connectivity index (χ0v) is 21.1. The normalized spacial score (nSPS) is 18.7. The van der Waals surface area contributed by atoms with E-state index in [1.54, 1.807) is 18.1 Å². The predicted octanol–water partition coefficient (Wildman–Crippen LogP) is 4.21. The first-order valence-electron chi connectivity index (χ1n) is 12.5. The molecule has 2 fully saturated rings. The minimum atomic E-state index is -0.300. The number of ether oxygens (including phenoxy) is 2. The second-order valence-electron chi connectivity index (χ2n) is 9.45. The Balaban J connectivity index is 1.32. The van der Waals surface area contributed by atoms with Crippen LogP contribution in [-0.2, 0) is 11.3 Å². The third kappa shape index (κ3) is 6.44. The number of urea groups is 1. The highest BCUT2D eigenvalue weighted by molar-refractivity contribution is 5.91. The van der Waals surface area contributed by atoms with Gasteiger partial charge in [-0.2, -0.15) is 0 Å². The molecule has 2 saturated heterocycles. The van der Waals surface area contributed by atoms with Crippen LogP contribution in [-0.4, -0.2) is 81.9 Å². The summed E-state index contributed by atoms with van der Waals surface area (Å²) in [6.07, 6.45) is 2.12. The Kier molecular flexibility index (Phi) is 8.46. The Labute approximate surface area is 208 Å². The molecule has 0 saturated carbocycles. The molecule has 4 rings (SSSR count). The molecule has 2 aromatic rings. The number of benzene rings is 2. The lowest BCUT2D eigenvalue weighted by atomic mass is 10.2. The van der Waals surface area contributed by atoms with E-state index >= 15 is 0 Å². The quantitative estimate of drug-likeness (QED) is 0.562. The van der Waals surface area contributed by atoms with E-state index in [0.717, 1.165) is 75.7 Å². The van der Waals surface area contributed by atoms with Crippen molar-refractivity contribution in [3.63, 3.8) is 0 Å². The van der Waals surface area contributed by atoms with Gasteiger partial charge in [0.25, 0.3) is 0 Å². The third-order valence-electron chi connectivity index (χ3n) is 7.02. The zero-order valence-electron chi connectivity index (χ0n) is 21.1. The van der Waals surface area contributed by atoms with Crippen molar-refractivity contribution >= 4 is 17.4 Å². The Bertz CT molecular complexity index is 979. The Hall–Kier alpha value is -2.84. The molecule has 2 aliphatic rings. The Morgan fingerprint density at radius 3 is 2.49 bits per heavy atom. The van der Waals surface area contributed by atoms with Gasteiger partial charge in [-0.1, -0.05) is 12.1 Å². The fourth-order valence-electron chi connectivity index (χ4n) is 4.77. The lowest BCUT2D eigenvalue weighted by Gasteiger charge is -2.36. The van der Waals surface area contributed by atoms with Crippen LogP contribution in [0.25, 0.3) is 0 Å². The van der Waals surface area contributed by atoms with E-state index in [2.05, 4.69) is 16.7 Å². The van der Waals surface area contributed by atoms with Gasteiger partial charge in [0, 0.05) is 83.0 Å². The molecule has 0 radical (unpaired) electrons. The molecular weight excluding hydrogens is 447 g/mol. The maximum atomic E-state index is 14.3. The number of anilines is 2. The van der Waals surface area contributed by atoms with Gasteiger partial charge in [0.1, 0.15) is 18.2 Å². The number of carbonyl (C=O) groups is 1. The van der Waals surface area contributed by atoms with Gasteiger partial charge < -0.3 is 19.3 Å². The first kappa shape index (κ1) is 25.3. The summed E-state index contributed by atoms with van der Waals surface area (Å²) < 4.78 is 25.5. The van der Waals surface area contributed by atoms with Gasteiger partial charge in [-0.3, -0.25) is 9.80 Å². The predicted molar refractivity (Wildman–Crippen MR) is 137 cm³/mol. The van der Waals surface area contributed by atoms with E-state index in [-0.39, 0.29) is 17.9 Å². The average molecular weight is 485 g/mol. The fraction of sp³-hybridized carbons (Fsp3) is 0.519. The minimum Gasteiger partial charge on any atom is -0.489 e. The lowest BCUT2D eigenvalue weighted by molar-refractivity contribution is 0.144. The van der Waals surface area contributed by atoms with Gasteiger partial charge >= 0.3 is 6.03 Å². The van der Waals surface area contributed by atoms with Crippen LogP contribution in [0.3, 0.4) is 0 Å². The van der Waals surface area contributed by atoms with Crippen molar-refractivity contribution in [2.75, 3.05) is 69.8 Å². The van der Waals surface area contributed by atoms with Crippen LogP contribution in [0.15, 0.2) is 42.5 Å². The molecule has 35 heavy (non-hydrogen) atoms. The van der Waals surface area contributed by atoms with Crippen LogP contribution >= 0.6 is 0 Å². The Morgan fingerprint density at radius 1 is 1.09 bits per heavy atom. The molecule has 0 N–H and O–H groups in total. The van der Waals surface area contributed by atoms with Gasteiger partial charge in [-0.15, -0.1) is 0 Å². The number of likely N-dealkylation sites (tertiary alicyclic amines) is 1. The molecule has 190 valence electrons. The second kappa shape index (κ2) is 11.7. The number of carbonyl (C=O) groups excluding carboxylic acids is 1. The summed E-state index contributed by atoms with van der Waals surface area (Å²) in [7, 11) is 3.53. The van der Waals surface area contributed by atoms with Crippen LogP contribution in [0.2, 0.25) is 0 Å². The zero-order chi connectivity index (χ0) is 24.8. The average Bonchev–Trinajstić information content (AvgIpc) is 3.31. The van der Waals surface area contributed by atoms with Gasteiger partial charge in [0.2, 0.25) is 0 Å². The van der Waals surface area contributed by atoms with E-state index in [9.17, 15) is 9.18 Å². The number of rotatable bonds is 8. The number of piperazine rings is 1. The van der Waals surface area contributed by atoms with Crippen molar-refractivity contribution in [1.29, 1.82) is 0 Å². The highest BCUT2D eigenvalue weighted by atomic mass is 19.1. The fourth-order valence-corrected chi connectivity index (χ4v) is 4.77. The minimum absolute atomic E-state index is 0.0332. The van der Waals surface area contributed by atoms with Crippen LogP contribution in [0, 0.1) is 5.82 Å². The van der Waals surface area contributed by atoms with E-state index in [1.807, 2.05) is 42.3 Å². The van der Waals surface area contributed by atoms with Crippen molar-refractivity contribution in [1.82, 2.24) is 9.80 Å². The molecule has 8 heteroatoms. The van der Waals surface area contributed by atoms with Crippen LogP contribution in [0.5, 0.6) is 5.75 Å². The number of halogens is 1. The standard InChI is InChI=1S/C27H37FN4O3/c1-21-5-4-10-32(21)27(33)29(2)24-8-6-22(7-9-24)20-35-26-18-23(28)17-25(19-26)31-13-11-30(12-14-31)15-16-34-3/h6-9,17-19,21H,4-5,10-16,20H2,1-3H3. The summed E-state index contributed by atoms with van der Waals surface area (Å²) >= 11 is 0. The van der Waals surface area contributed by atoms with Gasteiger partial charge in [-0.25, -0.2) is 9.18 Å². The molecule has 0 aliphatic carbocycles. The van der Waals surface area contributed by atoms with Crippen LogP contribution in [0.4, 0.5) is 20.6 Å². The summed E-state index contributed by atoms with van der Waals surface area (Å²) in [5.41, 5.74) is 2.65. The monoisotopic (exact) mass is 484 g/mol. The van der Waals surface area contributed by atoms with E-state index in [0.29, 0.717) is 12.4 Å². The van der Waals surface area contributed by atoms with Crippen molar-refractivity contribution in [2.45, 2.75) is 32.4 Å². The number of hydrogen-bond donors (Lipinski definition) is 0. The number of hydrogen-bond acceptors (Lipinski definition) is 5. The first-order chi connectivity index (χ1) is 16.9. The second-order valence-corrected chi connectivity index (χ2v) is 9.45. The van der Waals surface area contributed by atoms with Crippen molar-refractivity contribution < 1.29 is 18.7 Å². The molecule has 7 nitrogen and oxygen atoms in total. The molecule has 2 aromatic carbocycles. The molecule has 2 amide bonds. The largest absolute Gasteiger partial charge is 0.489 e. The Morgan fingerprint density at radius 2 is 1.83 bits per heavy atom. The van der Waals surface area contributed by atoms with Crippen molar-refractivity contribution in [3.05, 3.63) is 53.8 Å². The topological polar surface area (TPSA) is 48.5 Å². The number of methoxy groups -OCH3 is 1. The first-order valence-corrected chi connectivity index (χ1v) is 12.5. The SMILES string of the molecule is COCCN1CCN(c2cc(F)cc(OCc3ccc(N(C)C(=O)N4CCCC4C)cc3)c2)CC1. The number of nitrogens with zero attached hydrogens (tertiary/aromatic N) is 4. The van der Waals surface area contributed by atoms with E-state index in [1.165, 1.54) is 6.07 Å². The molecule has 0 aromatic heterocycles. The summed E-state index contributed by atoms with van der Waals surface area (Å²) in [5.74, 6) is 0.215. The molecule has 2 aliphatic heterocycles. The maximum absolute atomic E-state index is 14.3. The van der Waals surface area contributed by atoms with Gasteiger partial charge in [0.05, 0.1) is 6.61 Å². The smallest absolute Gasteiger partial charge is 0.324 e. The molecule has 1 atom stereocenters. The van der Waals surface area contributed by atoms with Crippen molar-refractivity contribution in [3.8, 4) is 5.75 Å². The van der Waals surface area contributed by atoms with Crippen molar-refractivity contribution in [2.24, 2.45) is 0 Å². The maximum Gasteiger partial charge on any atom is 0.324 e. The van der Waals surface area contributed by atoms with Crippen LogP contribution < -0.4 is 14.5 Å².